The maximum Gasteiger partial charge on any atom is 0.408 e. The molecule has 1 atom stereocenters. The molecule has 4 rings (SSSR count). The Balaban J connectivity index is 1.41. The molecule has 0 heterocycles. The monoisotopic (exact) mass is 592 g/mol. The molecule has 194 valence electrons. The van der Waals surface area contributed by atoms with E-state index >= 15 is 0 Å². The third kappa shape index (κ3) is 8.36. The predicted octanol–water partition coefficient (Wildman–Crippen LogP) is 7.16. The molecule has 0 aliphatic rings. The summed E-state index contributed by atoms with van der Waals surface area (Å²) in [5.74, 6) is 0.320. The lowest BCUT2D eigenvalue weighted by Crippen LogP contribution is -2.45. The molecule has 0 fully saturated rings. The maximum atomic E-state index is 13.2. The van der Waals surface area contributed by atoms with Crippen LogP contribution in [0.15, 0.2) is 108 Å². The Labute approximate surface area is 235 Å². The quantitative estimate of drug-likeness (QED) is 0.205. The number of carbonyl (C=O) groups is 2. The number of hydrogen-bond acceptors (Lipinski definition) is 4. The van der Waals surface area contributed by atoms with Gasteiger partial charge in [-0.2, -0.15) is 0 Å². The van der Waals surface area contributed by atoms with E-state index in [2.05, 4.69) is 26.6 Å². The molecular weight excluding hydrogens is 568 g/mol. The molecule has 0 unspecified atom stereocenters. The normalized spacial score (nSPS) is 11.3. The van der Waals surface area contributed by atoms with Crippen molar-refractivity contribution in [3.05, 3.63) is 129 Å². The summed E-state index contributed by atoms with van der Waals surface area (Å²) in [4.78, 5) is 25.8. The highest BCUT2D eigenvalue weighted by Gasteiger charge is 2.23. The molecule has 4 aromatic rings. The first-order chi connectivity index (χ1) is 18.5. The van der Waals surface area contributed by atoms with Crippen LogP contribution in [-0.2, 0) is 29.2 Å². The lowest BCUT2D eigenvalue weighted by Gasteiger charge is -2.19. The fraction of sp³-hybridized carbons (Fsp3) is 0.133. The van der Waals surface area contributed by atoms with E-state index < -0.39 is 12.1 Å². The van der Waals surface area contributed by atoms with Crippen LogP contribution in [0.5, 0.6) is 5.75 Å². The van der Waals surface area contributed by atoms with E-state index in [9.17, 15) is 9.59 Å². The van der Waals surface area contributed by atoms with Gasteiger partial charge in [0, 0.05) is 16.6 Å². The fourth-order valence-electron chi connectivity index (χ4n) is 3.62. The summed E-state index contributed by atoms with van der Waals surface area (Å²) in [6.45, 7) is 0.551. The Morgan fingerprint density at radius 2 is 1.42 bits per heavy atom. The number of halogens is 2. The van der Waals surface area contributed by atoms with E-state index in [-0.39, 0.29) is 18.9 Å². The third-order valence-corrected chi connectivity index (χ3v) is 6.83. The van der Waals surface area contributed by atoms with Crippen LogP contribution in [0.3, 0.4) is 0 Å². The first-order valence-corrected chi connectivity index (χ1v) is 13.1. The van der Waals surface area contributed by atoms with Crippen molar-refractivity contribution in [1.82, 2.24) is 5.32 Å². The van der Waals surface area contributed by atoms with Crippen molar-refractivity contribution >= 4 is 45.2 Å². The molecule has 0 spiro atoms. The predicted molar refractivity (Wildman–Crippen MR) is 152 cm³/mol. The van der Waals surface area contributed by atoms with Gasteiger partial charge in [0.1, 0.15) is 25.0 Å². The van der Waals surface area contributed by atoms with E-state index in [1.807, 2.05) is 84.9 Å². The summed E-state index contributed by atoms with van der Waals surface area (Å²) >= 11 is 9.43. The van der Waals surface area contributed by atoms with Gasteiger partial charge in [0.2, 0.25) is 5.91 Å². The van der Waals surface area contributed by atoms with Crippen molar-refractivity contribution in [1.29, 1.82) is 0 Å². The zero-order valence-corrected chi connectivity index (χ0v) is 22.7. The molecule has 0 aliphatic carbocycles. The minimum absolute atomic E-state index is 0.0958. The van der Waals surface area contributed by atoms with Crippen molar-refractivity contribution < 1.29 is 19.1 Å². The van der Waals surface area contributed by atoms with Crippen molar-refractivity contribution in [2.24, 2.45) is 0 Å². The summed E-state index contributed by atoms with van der Waals surface area (Å²) < 4.78 is 11.9. The summed E-state index contributed by atoms with van der Waals surface area (Å²) in [5, 5.41) is 6.06. The summed E-state index contributed by atoms with van der Waals surface area (Å²) in [7, 11) is 0. The minimum atomic E-state index is -0.885. The maximum absolute atomic E-state index is 13.2. The van der Waals surface area contributed by atoms with Gasteiger partial charge in [0.05, 0.1) is 5.02 Å². The number of nitrogens with one attached hydrogen (secondary N) is 2. The van der Waals surface area contributed by atoms with Crippen LogP contribution in [0.25, 0.3) is 0 Å². The standard InChI is InChI=1S/C30H26BrClN2O4/c31-26-18-24(13-16-27(26)32)33-29(35)28(34-30(36)38-20-23-9-5-2-6-10-23)17-21-11-14-25(15-12-21)37-19-22-7-3-1-4-8-22/h1-16,18,28H,17,19-20H2,(H,33,35)(H,34,36)/t28-/m0/s1. The molecule has 0 aromatic heterocycles. The number of anilines is 1. The van der Waals surface area contributed by atoms with E-state index in [0.717, 1.165) is 16.7 Å². The van der Waals surface area contributed by atoms with Crippen molar-refractivity contribution in [3.8, 4) is 5.75 Å². The van der Waals surface area contributed by atoms with Crippen molar-refractivity contribution in [3.63, 3.8) is 0 Å². The zero-order valence-electron chi connectivity index (χ0n) is 20.4. The van der Waals surface area contributed by atoms with E-state index in [4.69, 9.17) is 21.1 Å². The van der Waals surface area contributed by atoms with E-state index in [0.29, 0.717) is 27.5 Å². The Kier molecular flexibility index (Phi) is 9.78. The first-order valence-electron chi connectivity index (χ1n) is 11.9. The van der Waals surface area contributed by atoms with Gasteiger partial charge in [-0.15, -0.1) is 0 Å². The number of benzene rings is 4. The lowest BCUT2D eigenvalue weighted by molar-refractivity contribution is -0.118. The zero-order chi connectivity index (χ0) is 26.7. The Morgan fingerprint density at radius 1 is 0.789 bits per heavy atom. The topological polar surface area (TPSA) is 76.7 Å². The highest BCUT2D eigenvalue weighted by atomic mass is 79.9. The first kappa shape index (κ1) is 27.2. The molecule has 0 saturated carbocycles. The Hall–Kier alpha value is -3.81. The second-order valence-electron chi connectivity index (χ2n) is 8.50. The molecule has 8 heteroatoms. The Morgan fingerprint density at radius 3 is 2.05 bits per heavy atom. The van der Waals surface area contributed by atoms with E-state index in [1.54, 1.807) is 18.2 Å². The van der Waals surface area contributed by atoms with Gasteiger partial charge in [0.25, 0.3) is 0 Å². The SMILES string of the molecule is O=C(N[C@@H](Cc1ccc(OCc2ccccc2)cc1)C(=O)Nc1ccc(Cl)c(Br)c1)OCc1ccccc1. The van der Waals surface area contributed by atoms with Gasteiger partial charge < -0.3 is 20.1 Å². The molecule has 2 N–H and O–H groups in total. The average Bonchev–Trinajstić information content (AvgIpc) is 2.94. The number of alkyl carbamates (subject to hydrolysis) is 1. The summed E-state index contributed by atoms with van der Waals surface area (Å²) in [5.41, 5.74) is 3.30. The van der Waals surface area contributed by atoms with Gasteiger partial charge in [0.15, 0.2) is 0 Å². The molecule has 0 aliphatic heterocycles. The smallest absolute Gasteiger partial charge is 0.408 e. The van der Waals surface area contributed by atoms with Crippen LogP contribution in [0, 0.1) is 0 Å². The highest BCUT2D eigenvalue weighted by Crippen LogP contribution is 2.26. The van der Waals surface area contributed by atoms with Crippen LogP contribution < -0.4 is 15.4 Å². The van der Waals surface area contributed by atoms with Crippen LogP contribution in [0.1, 0.15) is 16.7 Å². The molecule has 0 bridgehead atoms. The third-order valence-electron chi connectivity index (χ3n) is 5.62. The van der Waals surface area contributed by atoms with Gasteiger partial charge >= 0.3 is 6.09 Å². The summed E-state index contributed by atoms with van der Waals surface area (Å²) in [6, 6.07) is 30.8. The molecule has 0 saturated heterocycles. The van der Waals surface area contributed by atoms with Gasteiger partial charge in [-0.05, 0) is 63.0 Å². The minimum Gasteiger partial charge on any atom is -0.489 e. The molecular formula is C30H26BrClN2O4. The second-order valence-corrected chi connectivity index (χ2v) is 9.76. The van der Waals surface area contributed by atoms with Crippen molar-refractivity contribution in [2.45, 2.75) is 25.7 Å². The highest BCUT2D eigenvalue weighted by molar-refractivity contribution is 9.10. The van der Waals surface area contributed by atoms with Crippen molar-refractivity contribution in [2.75, 3.05) is 5.32 Å². The molecule has 38 heavy (non-hydrogen) atoms. The largest absolute Gasteiger partial charge is 0.489 e. The van der Waals surface area contributed by atoms with Gasteiger partial charge in [-0.1, -0.05) is 84.4 Å². The molecule has 0 radical (unpaired) electrons. The summed E-state index contributed by atoms with van der Waals surface area (Å²) in [6.07, 6.45) is -0.436. The number of hydrogen-bond donors (Lipinski definition) is 2. The van der Waals surface area contributed by atoms with Crippen LogP contribution in [0.2, 0.25) is 5.02 Å². The molecule has 4 aromatic carbocycles. The average molecular weight is 594 g/mol. The second kappa shape index (κ2) is 13.7. The van der Waals surface area contributed by atoms with Gasteiger partial charge in [-0.3, -0.25) is 4.79 Å². The number of rotatable bonds is 10. The van der Waals surface area contributed by atoms with Crippen LogP contribution >= 0.6 is 27.5 Å². The number of ether oxygens (including phenoxy) is 2. The fourth-order valence-corrected chi connectivity index (χ4v) is 4.11. The van der Waals surface area contributed by atoms with Gasteiger partial charge in [-0.25, -0.2) is 4.79 Å². The van der Waals surface area contributed by atoms with Crippen LogP contribution in [0.4, 0.5) is 10.5 Å². The van der Waals surface area contributed by atoms with E-state index in [1.165, 1.54) is 0 Å². The molecule has 2 amide bonds. The number of amides is 2. The molecule has 6 nitrogen and oxygen atoms in total. The number of carbonyl (C=O) groups excluding carboxylic acids is 2. The van der Waals surface area contributed by atoms with Crippen LogP contribution in [-0.4, -0.2) is 18.0 Å². The lowest BCUT2D eigenvalue weighted by atomic mass is 10.0. The Bertz CT molecular complexity index is 1350.